The molecule has 0 bridgehead atoms. The zero-order chi connectivity index (χ0) is 10.9. The summed E-state index contributed by atoms with van der Waals surface area (Å²) in [5.41, 5.74) is 1.70. The van der Waals surface area contributed by atoms with E-state index in [0.717, 1.165) is 30.6 Å². The first-order chi connectivity index (χ1) is 7.12. The minimum atomic E-state index is -0.189. The van der Waals surface area contributed by atoms with E-state index in [1.165, 1.54) is 0 Å². The van der Waals surface area contributed by atoms with E-state index in [0.29, 0.717) is 0 Å². The lowest BCUT2D eigenvalue weighted by Gasteiger charge is -2.24. The Morgan fingerprint density at radius 2 is 2.27 bits per heavy atom. The van der Waals surface area contributed by atoms with Crippen LogP contribution in [0.1, 0.15) is 42.6 Å². The minimum absolute atomic E-state index is 0.110. The number of carbonyl (C=O) groups excluding carboxylic acids is 1. The molecule has 1 aliphatic heterocycles. The number of ether oxygens (including phenoxy) is 1. The van der Waals surface area contributed by atoms with E-state index in [1.54, 1.807) is 6.92 Å². The van der Waals surface area contributed by atoms with Crippen molar-refractivity contribution in [2.75, 3.05) is 6.61 Å². The van der Waals surface area contributed by atoms with Crippen LogP contribution in [0.5, 0.6) is 0 Å². The van der Waals surface area contributed by atoms with Crippen LogP contribution in [0.3, 0.4) is 0 Å². The van der Waals surface area contributed by atoms with Crippen molar-refractivity contribution in [1.29, 1.82) is 0 Å². The van der Waals surface area contributed by atoms with Crippen molar-refractivity contribution in [3.63, 3.8) is 0 Å². The highest BCUT2D eigenvalue weighted by Crippen LogP contribution is 2.35. The maximum absolute atomic E-state index is 11.3. The predicted octanol–water partition coefficient (Wildman–Crippen LogP) is 2.91. The lowest BCUT2D eigenvalue weighted by Crippen LogP contribution is -2.20. The maximum Gasteiger partial charge on any atom is 0.159 e. The first-order valence-electron chi connectivity index (χ1n) is 5.37. The van der Waals surface area contributed by atoms with Gasteiger partial charge < -0.3 is 4.74 Å². The molecule has 2 rings (SSSR count). The van der Waals surface area contributed by atoms with Crippen molar-refractivity contribution in [2.45, 2.75) is 32.3 Å². The maximum atomic E-state index is 11.3. The van der Waals surface area contributed by atoms with Crippen LogP contribution in [0.4, 0.5) is 0 Å². The summed E-state index contributed by atoms with van der Waals surface area (Å²) >= 11 is 0. The van der Waals surface area contributed by atoms with Crippen LogP contribution in [0.15, 0.2) is 24.3 Å². The summed E-state index contributed by atoms with van der Waals surface area (Å²) in [6.07, 6.45) is 2.13. The molecule has 2 heteroatoms. The van der Waals surface area contributed by atoms with Crippen LogP contribution in [0.2, 0.25) is 0 Å². The Morgan fingerprint density at radius 3 is 2.87 bits per heavy atom. The molecule has 1 fully saturated rings. The third-order valence-corrected chi connectivity index (χ3v) is 3.10. The molecule has 1 heterocycles. The number of hydrogen-bond acceptors (Lipinski definition) is 2. The van der Waals surface area contributed by atoms with Gasteiger partial charge in [-0.05, 0) is 38.3 Å². The van der Waals surface area contributed by atoms with Gasteiger partial charge in [-0.15, -0.1) is 0 Å². The van der Waals surface area contributed by atoms with Crippen LogP contribution in [-0.4, -0.2) is 12.4 Å². The topological polar surface area (TPSA) is 26.3 Å². The first-order valence-corrected chi connectivity index (χ1v) is 5.37. The van der Waals surface area contributed by atoms with Crippen molar-refractivity contribution >= 4 is 5.78 Å². The van der Waals surface area contributed by atoms with Gasteiger partial charge in [0.2, 0.25) is 0 Å². The van der Waals surface area contributed by atoms with Crippen molar-refractivity contribution in [1.82, 2.24) is 0 Å². The van der Waals surface area contributed by atoms with Gasteiger partial charge in [-0.2, -0.15) is 0 Å². The molecule has 0 radical (unpaired) electrons. The standard InChI is InChI=1S/C13H16O2/c1-10(14)11-5-3-6-12(9-11)13(2)7-4-8-15-13/h3,5-6,9H,4,7-8H2,1-2H3. The molecule has 1 unspecified atom stereocenters. The molecule has 80 valence electrons. The zero-order valence-electron chi connectivity index (χ0n) is 9.25. The Kier molecular flexibility index (Phi) is 2.61. The van der Waals surface area contributed by atoms with Gasteiger partial charge in [0.1, 0.15) is 0 Å². The van der Waals surface area contributed by atoms with Crippen molar-refractivity contribution in [2.24, 2.45) is 0 Å². The molecule has 0 N–H and O–H groups in total. The Bertz CT molecular complexity index is 376. The fourth-order valence-corrected chi connectivity index (χ4v) is 2.07. The molecule has 0 saturated carbocycles. The molecule has 0 aromatic heterocycles. The van der Waals surface area contributed by atoms with E-state index in [1.807, 2.05) is 24.3 Å². The number of Topliss-reactive ketones (excluding diaryl/α,β-unsaturated/α-hetero) is 1. The SMILES string of the molecule is CC(=O)c1cccc(C2(C)CCCO2)c1. The van der Waals surface area contributed by atoms with Gasteiger partial charge in [0.25, 0.3) is 0 Å². The fourth-order valence-electron chi connectivity index (χ4n) is 2.07. The molecule has 1 atom stereocenters. The lowest BCUT2D eigenvalue weighted by atomic mass is 9.91. The van der Waals surface area contributed by atoms with Crippen LogP contribution in [0, 0.1) is 0 Å². The van der Waals surface area contributed by atoms with Gasteiger partial charge in [0.15, 0.2) is 5.78 Å². The van der Waals surface area contributed by atoms with Gasteiger partial charge >= 0.3 is 0 Å². The number of hydrogen-bond donors (Lipinski definition) is 0. The zero-order valence-corrected chi connectivity index (χ0v) is 9.25. The highest BCUT2D eigenvalue weighted by Gasteiger charge is 2.31. The normalized spacial score (nSPS) is 25.5. The minimum Gasteiger partial charge on any atom is -0.371 e. The van der Waals surface area contributed by atoms with E-state index < -0.39 is 0 Å². The van der Waals surface area contributed by atoms with Crippen molar-refractivity contribution in [3.8, 4) is 0 Å². The second-order valence-corrected chi connectivity index (χ2v) is 4.32. The van der Waals surface area contributed by atoms with Crippen molar-refractivity contribution in [3.05, 3.63) is 35.4 Å². The van der Waals surface area contributed by atoms with Gasteiger partial charge in [0.05, 0.1) is 5.60 Å². The molecule has 1 aromatic carbocycles. The Balaban J connectivity index is 2.36. The highest BCUT2D eigenvalue weighted by atomic mass is 16.5. The second-order valence-electron chi connectivity index (χ2n) is 4.32. The second kappa shape index (κ2) is 3.78. The first kappa shape index (κ1) is 10.4. The summed E-state index contributed by atoms with van der Waals surface area (Å²) in [5.74, 6) is 0.110. The fraction of sp³-hybridized carbons (Fsp3) is 0.462. The monoisotopic (exact) mass is 204 g/mol. The Morgan fingerprint density at radius 1 is 1.47 bits per heavy atom. The number of rotatable bonds is 2. The molecule has 0 spiro atoms. The van der Waals surface area contributed by atoms with Gasteiger partial charge in [-0.25, -0.2) is 0 Å². The largest absolute Gasteiger partial charge is 0.371 e. The number of benzene rings is 1. The smallest absolute Gasteiger partial charge is 0.159 e. The van der Waals surface area contributed by atoms with E-state index in [-0.39, 0.29) is 11.4 Å². The summed E-state index contributed by atoms with van der Waals surface area (Å²) < 4.78 is 5.75. The summed E-state index contributed by atoms with van der Waals surface area (Å²) in [6, 6.07) is 7.77. The molecule has 0 amide bonds. The molecule has 0 aliphatic carbocycles. The van der Waals surface area contributed by atoms with Crippen LogP contribution in [-0.2, 0) is 10.3 Å². The molecule has 2 nitrogen and oxygen atoms in total. The quantitative estimate of drug-likeness (QED) is 0.692. The molecule has 15 heavy (non-hydrogen) atoms. The Labute approximate surface area is 90.3 Å². The molecular formula is C13H16O2. The summed E-state index contributed by atoms with van der Waals surface area (Å²) in [4.78, 5) is 11.3. The molecule has 1 aliphatic rings. The van der Waals surface area contributed by atoms with Crippen LogP contribution in [0.25, 0.3) is 0 Å². The van der Waals surface area contributed by atoms with Gasteiger partial charge in [-0.1, -0.05) is 18.2 Å². The van der Waals surface area contributed by atoms with E-state index in [4.69, 9.17) is 4.74 Å². The van der Waals surface area contributed by atoms with Crippen LogP contribution < -0.4 is 0 Å². The Hall–Kier alpha value is -1.15. The molecule has 1 aromatic rings. The van der Waals surface area contributed by atoms with Crippen LogP contribution >= 0.6 is 0 Å². The summed E-state index contributed by atoms with van der Waals surface area (Å²) in [6.45, 7) is 4.51. The average Bonchev–Trinajstić information content (AvgIpc) is 2.67. The summed E-state index contributed by atoms with van der Waals surface area (Å²) in [7, 11) is 0. The third kappa shape index (κ3) is 1.95. The van der Waals surface area contributed by atoms with E-state index in [9.17, 15) is 4.79 Å². The number of ketones is 1. The predicted molar refractivity (Wildman–Crippen MR) is 59.0 cm³/mol. The molecule has 1 saturated heterocycles. The molecular weight excluding hydrogens is 188 g/mol. The third-order valence-electron chi connectivity index (χ3n) is 3.10. The number of carbonyl (C=O) groups is 1. The van der Waals surface area contributed by atoms with Gasteiger partial charge in [-0.3, -0.25) is 4.79 Å². The van der Waals surface area contributed by atoms with E-state index >= 15 is 0 Å². The highest BCUT2D eigenvalue weighted by molar-refractivity contribution is 5.94. The van der Waals surface area contributed by atoms with Gasteiger partial charge in [0, 0.05) is 12.2 Å². The average molecular weight is 204 g/mol. The summed E-state index contributed by atoms with van der Waals surface area (Å²) in [5, 5.41) is 0. The van der Waals surface area contributed by atoms with Crippen molar-refractivity contribution < 1.29 is 9.53 Å². The van der Waals surface area contributed by atoms with E-state index in [2.05, 4.69) is 6.92 Å². The lowest BCUT2D eigenvalue weighted by molar-refractivity contribution is 0.0168.